The summed E-state index contributed by atoms with van der Waals surface area (Å²) in [5, 5.41) is 3.06. The maximum atomic E-state index is 12.2. The highest BCUT2D eigenvalue weighted by Crippen LogP contribution is 2.21. The van der Waals surface area contributed by atoms with Gasteiger partial charge in [0, 0.05) is 19.4 Å². The first-order valence-electron chi connectivity index (χ1n) is 6.60. The van der Waals surface area contributed by atoms with E-state index in [0.717, 1.165) is 17.8 Å². The Balaban J connectivity index is 2.31. The first-order chi connectivity index (χ1) is 9.63. The highest BCUT2D eigenvalue weighted by molar-refractivity contribution is 9.10. The summed E-state index contributed by atoms with van der Waals surface area (Å²) in [6.45, 7) is 1.97. The number of amides is 1. The molecule has 2 rings (SSSR count). The summed E-state index contributed by atoms with van der Waals surface area (Å²) in [5.74, 6) is 0.796. The van der Waals surface area contributed by atoms with Gasteiger partial charge in [0.05, 0.1) is 4.83 Å². The molecule has 0 aliphatic rings. The van der Waals surface area contributed by atoms with Crippen molar-refractivity contribution in [1.82, 2.24) is 14.9 Å². The highest BCUT2D eigenvalue weighted by atomic mass is 79.9. The number of alkyl halides is 1. The minimum Gasteiger partial charge on any atom is -0.341 e. The van der Waals surface area contributed by atoms with E-state index in [2.05, 4.69) is 26.2 Å². The van der Waals surface area contributed by atoms with Gasteiger partial charge >= 0.3 is 0 Å². The molecule has 4 nitrogen and oxygen atoms in total. The Hall–Kier alpha value is -1.62. The van der Waals surface area contributed by atoms with Crippen LogP contribution in [0.25, 0.3) is 0 Å². The van der Waals surface area contributed by atoms with E-state index in [1.165, 1.54) is 0 Å². The summed E-state index contributed by atoms with van der Waals surface area (Å²) >= 11 is 3.39. The Bertz CT molecular complexity index is 568. The summed E-state index contributed by atoms with van der Waals surface area (Å²) in [7, 11) is 1.93. The van der Waals surface area contributed by atoms with Crippen LogP contribution in [0.2, 0.25) is 0 Å². The van der Waals surface area contributed by atoms with E-state index in [4.69, 9.17) is 0 Å². The predicted octanol–water partition coefficient (Wildman–Crippen LogP) is 2.80. The second kappa shape index (κ2) is 6.70. The number of nitrogens with one attached hydrogen (secondary N) is 1. The fourth-order valence-corrected chi connectivity index (χ4v) is 2.15. The van der Waals surface area contributed by atoms with Crippen LogP contribution in [0.5, 0.6) is 0 Å². The summed E-state index contributed by atoms with van der Waals surface area (Å²) in [4.78, 5) is 16.3. The van der Waals surface area contributed by atoms with Gasteiger partial charge in [0.1, 0.15) is 11.9 Å². The summed E-state index contributed by atoms with van der Waals surface area (Å²) in [6, 6.07) is 9.63. The molecule has 2 atom stereocenters. The topological polar surface area (TPSA) is 46.9 Å². The molecule has 5 heteroatoms. The minimum atomic E-state index is -0.240. The molecule has 1 N–H and O–H groups in total. The van der Waals surface area contributed by atoms with Crippen molar-refractivity contribution in [3.63, 3.8) is 0 Å². The van der Waals surface area contributed by atoms with Crippen LogP contribution in [0.1, 0.15) is 30.8 Å². The van der Waals surface area contributed by atoms with Gasteiger partial charge in [-0.25, -0.2) is 4.98 Å². The van der Waals surface area contributed by atoms with E-state index in [1.54, 1.807) is 6.20 Å². The molecule has 0 aliphatic carbocycles. The lowest BCUT2D eigenvalue weighted by Gasteiger charge is -2.20. The third kappa shape index (κ3) is 3.28. The number of hydrogen-bond donors (Lipinski definition) is 1. The van der Waals surface area contributed by atoms with Gasteiger partial charge < -0.3 is 9.88 Å². The number of benzene rings is 1. The number of aromatic nitrogens is 2. The zero-order valence-corrected chi connectivity index (χ0v) is 13.2. The lowest BCUT2D eigenvalue weighted by molar-refractivity contribution is -0.121. The van der Waals surface area contributed by atoms with Crippen LogP contribution in [-0.4, -0.2) is 20.3 Å². The number of nitrogens with zero attached hydrogens (tertiary/aromatic N) is 2. The normalized spacial score (nSPS) is 13.8. The van der Waals surface area contributed by atoms with Crippen molar-refractivity contribution in [3.8, 4) is 0 Å². The molecule has 1 aromatic heterocycles. The second-order valence-corrected chi connectivity index (χ2v) is 5.73. The second-order valence-electron chi connectivity index (χ2n) is 4.62. The van der Waals surface area contributed by atoms with E-state index in [0.29, 0.717) is 0 Å². The predicted molar refractivity (Wildman–Crippen MR) is 82.6 cm³/mol. The average molecular weight is 336 g/mol. The summed E-state index contributed by atoms with van der Waals surface area (Å²) in [5.41, 5.74) is 1.02. The van der Waals surface area contributed by atoms with Gasteiger partial charge in [-0.15, -0.1) is 0 Å². The van der Waals surface area contributed by atoms with E-state index < -0.39 is 0 Å². The largest absolute Gasteiger partial charge is 0.341 e. The molecule has 0 aliphatic heterocycles. The van der Waals surface area contributed by atoms with Crippen LogP contribution in [0, 0.1) is 0 Å². The molecule has 0 fully saturated rings. The number of halogens is 1. The number of carbonyl (C=O) groups excluding carboxylic acids is 1. The zero-order valence-electron chi connectivity index (χ0n) is 11.6. The van der Waals surface area contributed by atoms with E-state index in [9.17, 15) is 4.79 Å². The van der Waals surface area contributed by atoms with Crippen LogP contribution in [0.15, 0.2) is 42.7 Å². The van der Waals surface area contributed by atoms with Gasteiger partial charge in [-0.3, -0.25) is 4.79 Å². The van der Waals surface area contributed by atoms with Crippen molar-refractivity contribution in [2.75, 3.05) is 0 Å². The van der Waals surface area contributed by atoms with E-state index in [-0.39, 0.29) is 16.8 Å². The molecule has 0 bridgehead atoms. The third-order valence-corrected chi connectivity index (χ3v) is 4.24. The van der Waals surface area contributed by atoms with E-state index >= 15 is 0 Å². The van der Waals surface area contributed by atoms with Crippen molar-refractivity contribution < 1.29 is 4.79 Å². The number of aryl methyl sites for hydroxylation is 1. The fraction of sp³-hybridized carbons (Fsp3) is 0.333. The molecule has 0 spiro atoms. The molecular formula is C15H18BrN3O. The Morgan fingerprint density at radius 2 is 2.10 bits per heavy atom. The van der Waals surface area contributed by atoms with Crippen molar-refractivity contribution >= 4 is 21.8 Å². The first kappa shape index (κ1) is 14.8. The quantitative estimate of drug-likeness (QED) is 0.854. The number of hydrogen-bond acceptors (Lipinski definition) is 2. The zero-order chi connectivity index (χ0) is 14.5. The molecule has 106 valence electrons. The smallest absolute Gasteiger partial charge is 0.234 e. The maximum Gasteiger partial charge on any atom is 0.234 e. The van der Waals surface area contributed by atoms with Crippen molar-refractivity contribution in [2.24, 2.45) is 7.05 Å². The Kier molecular flexibility index (Phi) is 4.95. The molecule has 1 amide bonds. The molecule has 1 heterocycles. The van der Waals surface area contributed by atoms with Crippen LogP contribution in [0.3, 0.4) is 0 Å². The molecule has 0 saturated carbocycles. The molecular weight excluding hydrogens is 318 g/mol. The number of imidazole rings is 1. The van der Waals surface area contributed by atoms with E-state index in [1.807, 2.05) is 55.1 Å². The van der Waals surface area contributed by atoms with Crippen molar-refractivity contribution in [3.05, 3.63) is 54.1 Å². The number of carbonyl (C=O) groups is 1. The Labute approximate surface area is 127 Å². The Morgan fingerprint density at radius 3 is 2.65 bits per heavy atom. The number of rotatable bonds is 5. The maximum absolute atomic E-state index is 12.2. The monoisotopic (exact) mass is 335 g/mol. The van der Waals surface area contributed by atoms with Gasteiger partial charge in [0.25, 0.3) is 0 Å². The SMILES string of the molecule is CCC(Br)C(=O)NC(c1ccccc1)c1nccn1C. The first-order valence-corrected chi connectivity index (χ1v) is 7.51. The molecule has 2 aromatic rings. The standard InChI is InChI=1S/C15H18BrN3O/c1-3-12(16)15(20)18-13(11-7-5-4-6-8-11)14-17-9-10-19(14)2/h4-10,12-13H,3H2,1-2H3,(H,18,20). The summed E-state index contributed by atoms with van der Waals surface area (Å²) in [6.07, 6.45) is 4.36. The van der Waals surface area contributed by atoms with Gasteiger partial charge in [0.15, 0.2) is 0 Å². The van der Waals surface area contributed by atoms with Crippen LogP contribution in [0.4, 0.5) is 0 Å². The Morgan fingerprint density at radius 1 is 1.40 bits per heavy atom. The van der Waals surface area contributed by atoms with Crippen LogP contribution >= 0.6 is 15.9 Å². The molecule has 0 radical (unpaired) electrons. The molecule has 20 heavy (non-hydrogen) atoms. The van der Waals surface area contributed by atoms with Crippen molar-refractivity contribution in [2.45, 2.75) is 24.2 Å². The summed E-state index contributed by atoms with van der Waals surface area (Å²) < 4.78 is 1.92. The third-order valence-electron chi connectivity index (χ3n) is 3.18. The fourth-order valence-electron chi connectivity index (χ4n) is 2.02. The van der Waals surface area contributed by atoms with Gasteiger partial charge in [-0.2, -0.15) is 0 Å². The molecule has 2 unspecified atom stereocenters. The van der Waals surface area contributed by atoms with Crippen LogP contribution in [-0.2, 0) is 11.8 Å². The molecule has 1 aromatic carbocycles. The van der Waals surface area contributed by atoms with Crippen molar-refractivity contribution in [1.29, 1.82) is 0 Å². The van der Waals surface area contributed by atoms with Gasteiger partial charge in [-0.05, 0) is 12.0 Å². The molecule has 0 saturated heterocycles. The lowest BCUT2D eigenvalue weighted by atomic mass is 10.1. The highest BCUT2D eigenvalue weighted by Gasteiger charge is 2.23. The van der Waals surface area contributed by atoms with Gasteiger partial charge in [0.2, 0.25) is 5.91 Å². The average Bonchev–Trinajstić information content (AvgIpc) is 2.90. The minimum absolute atomic E-state index is 0.0237. The van der Waals surface area contributed by atoms with Crippen LogP contribution < -0.4 is 5.32 Å². The van der Waals surface area contributed by atoms with Gasteiger partial charge in [-0.1, -0.05) is 53.2 Å². The lowest BCUT2D eigenvalue weighted by Crippen LogP contribution is -2.35.